The van der Waals surface area contributed by atoms with Crippen LogP contribution in [-0.2, 0) is 19.6 Å². The molecule has 0 saturated heterocycles. The number of carbonyl (C=O) groups is 2. The Labute approximate surface area is 179 Å². The summed E-state index contributed by atoms with van der Waals surface area (Å²) in [6.45, 7) is 3.14. The molecule has 10 heteroatoms. The Bertz CT molecular complexity index is 1030. The number of para-hydroxylation sites is 1. The molecule has 0 unspecified atom stereocenters. The largest absolute Gasteiger partial charge is 0.449 e. The van der Waals surface area contributed by atoms with E-state index >= 15 is 0 Å². The van der Waals surface area contributed by atoms with Crippen molar-refractivity contribution in [2.45, 2.75) is 26.0 Å². The zero-order valence-electron chi connectivity index (χ0n) is 15.9. The van der Waals surface area contributed by atoms with Crippen molar-refractivity contribution in [2.24, 2.45) is 0 Å². The molecule has 2 rings (SSSR count). The molecule has 156 valence electrons. The van der Waals surface area contributed by atoms with Crippen LogP contribution in [0.1, 0.15) is 35.8 Å². The fourth-order valence-electron chi connectivity index (χ4n) is 2.49. The van der Waals surface area contributed by atoms with Gasteiger partial charge in [0.25, 0.3) is 5.91 Å². The van der Waals surface area contributed by atoms with Crippen LogP contribution < -0.4 is 10.0 Å². The summed E-state index contributed by atoms with van der Waals surface area (Å²) in [7, 11) is -3.59. The van der Waals surface area contributed by atoms with Gasteiger partial charge >= 0.3 is 5.97 Å². The predicted octanol–water partition coefficient (Wildman–Crippen LogP) is 3.79. The van der Waals surface area contributed by atoms with Gasteiger partial charge in [-0.15, -0.1) is 0 Å². The van der Waals surface area contributed by atoms with E-state index in [1.165, 1.54) is 19.1 Å². The molecule has 2 aromatic rings. The Morgan fingerprint density at radius 2 is 1.72 bits per heavy atom. The summed E-state index contributed by atoms with van der Waals surface area (Å²) in [4.78, 5) is 24.9. The van der Waals surface area contributed by atoms with E-state index in [4.69, 9.17) is 27.9 Å². The van der Waals surface area contributed by atoms with E-state index in [0.717, 1.165) is 6.26 Å². The van der Waals surface area contributed by atoms with E-state index in [-0.39, 0.29) is 11.3 Å². The average Bonchev–Trinajstić information content (AvgIpc) is 2.60. The molecule has 2 N–H and O–H groups in total. The lowest BCUT2D eigenvalue weighted by Gasteiger charge is -2.19. The van der Waals surface area contributed by atoms with Gasteiger partial charge in [-0.05, 0) is 43.7 Å². The first-order chi connectivity index (χ1) is 13.5. The fourth-order valence-corrected chi connectivity index (χ4v) is 3.64. The Morgan fingerprint density at radius 3 is 2.34 bits per heavy atom. The van der Waals surface area contributed by atoms with E-state index in [1.807, 2.05) is 0 Å². The monoisotopic (exact) mass is 458 g/mol. The van der Waals surface area contributed by atoms with Crippen LogP contribution >= 0.6 is 23.2 Å². The van der Waals surface area contributed by atoms with E-state index in [9.17, 15) is 18.0 Å². The van der Waals surface area contributed by atoms with Crippen molar-refractivity contribution in [3.8, 4) is 0 Å². The van der Waals surface area contributed by atoms with Gasteiger partial charge in [-0.1, -0.05) is 41.4 Å². The van der Waals surface area contributed by atoms with E-state index in [2.05, 4.69) is 10.0 Å². The topological polar surface area (TPSA) is 102 Å². The number of benzene rings is 2. The van der Waals surface area contributed by atoms with Crippen molar-refractivity contribution in [3.05, 3.63) is 63.6 Å². The van der Waals surface area contributed by atoms with Gasteiger partial charge in [-0.2, -0.15) is 0 Å². The lowest BCUT2D eigenvalue weighted by Crippen LogP contribution is -2.37. The predicted molar refractivity (Wildman–Crippen MR) is 113 cm³/mol. The van der Waals surface area contributed by atoms with Crippen LogP contribution in [-0.4, -0.2) is 32.7 Å². The highest BCUT2D eigenvalue weighted by Crippen LogP contribution is 2.26. The number of ether oxygens (including phenoxy) is 1. The Balaban J connectivity index is 2.07. The van der Waals surface area contributed by atoms with E-state index < -0.39 is 34.0 Å². The first-order valence-corrected chi connectivity index (χ1v) is 11.2. The Morgan fingerprint density at radius 1 is 1.07 bits per heavy atom. The number of halogens is 2. The molecule has 1 amide bonds. The second-order valence-electron chi connectivity index (χ2n) is 6.36. The highest BCUT2D eigenvalue weighted by Gasteiger charge is 2.23. The SMILES string of the molecule is C[C@H](OC(=O)c1ccccc1NS(C)(=O)=O)C(=O)N[C@@H](C)c1ccc(Cl)cc1Cl. The highest BCUT2D eigenvalue weighted by atomic mass is 35.5. The number of esters is 1. The summed E-state index contributed by atoms with van der Waals surface area (Å²) in [5.74, 6) is -1.37. The number of carbonyl (C=O) groups excluding carboxylic acids is 2. The lowest BCUT2D eigenvalue weighted by molar-refractivity contribution is -0.129. The molecule has 0 heterocycles. The van der Waals surface area contributed by atoms with Gasteiger partial charge in [0.15, 0.2) is 6.10 Å². The van der Waals surface area contributed by atoms with Gasteiger partial charge in [0.1, 0.15) is 0 Å². The van der Waals surface area contributed by atoms with Gasteiger partial charge in [0.05, 0.1) is 23.5 Å². The molecule has 0 aliphatic rings. The van der Waals surface area contributed by atoms with E-state index in [1.54, 1.807) is 37.3 Å². The first kappa shape index (κ1) is 23.0. The second-order valence-corrected chi connectivity index (χ2v) is 8.96. The Hall–Kier alpha value is -2.29. The van der Waals surface area contributed by atoms with E-state index in [0.29, 0.717) is 15.6 Å². The molecule has 0 aliphatic carbocycles. The third-order valence-corrected chi connectivity index (χ3v) is 5.04. The van der Waals surface area contributed by atoms with Gasteiger partial charge in [-0.25, -0.2) is 13.2 Å². The maximum Gasteiger partial charge on any atom is 0.341 e. The molecule has 0 saturated carbocycles. The summed E-state index contributed by atoms with van der Waals surface area (Å²) in [5, 5.41) is 3.58. The van der Waals surface area contributed by atoms with Crippen molar-refractivity contribution >= 4 is 50.8 Å². The molecule has 0 radical (unpaired) electrons. The standard InChI is InChI=1S/C19H20Cl2N2O5S/c1-11(14-9-8-13(20)10-16(14)21)22-18(24)12(2)28-19(25)15-6-4-5-7-17(15)23-29(3,26)27/h4-12,23H,1-3H3,(H,22,24)/t11-,12-/m0/s1. The number of hydrogen-bond acceptors (Lipinski definition) is 5. The quantitative estimate of drug-likeness (QED) is 0.614. The summed E-state index contributed by atoms with van der Waals surface area (Å²) in [5.41, 5.74) is 0.714. The summed E-state index contributed by atoms with van der Waals surface area (Å²) in [6.07, 6.45) is -0.156. The van der Waals surface area contributed by atoms with Crippen molar-refractivity contribution in [2.75, 3.05) is 11.0 Å². The van der Waals surface area contributed by atoms with Crippen molar-refractivity contribution in [1.82, 2.24) is 5.32 Å². The van der Waals surface area contributed by atoms with Gasteiger partial charge in [-0.3, -0.25) is 9.52 Å². The fraction of sp³-hybridized carbons (Fsp3) is 0.263. The van der Waals surface area contributed by atoms with Gasteiger partial charge in [0.2, 0.25) is 10.0 Å². The molecule has 29 heavy (non-hydrogen) atoms. The second kappa shape index (κ2) is 9.47. The smallest absolute Gasteiger partial charge is 0.341 e. The molecular weight excluding hydrogens is 439 g/mol. The molecule has 2 aromatic carbocycles. The summed E-state index contributed by atoms with van der Waals surface area (Å²) >= 11 is 12.0. The average molecular weight is 459 g/mol. The van der Waals surface area contributed by atoms with Crippen LogP contribution in [0.3, 0.4) is 0 Å². The molecule has 7 nitrogen and oxygen atoms in total. The van der Waals surface area contributed by atoms with Crippen molar-refractivity contribution in [3.63, 3.8) is 0 Å². The minimum atomic E-state index is -3.59. The third kappa shape index (κ3) is 6.62. The number of anilines is 1. The maximum absolute atomic E-state index is 12.4. The van der Waals surface area contributed by atoms with Gasteiger partial charge < -0.3 is 10.1 Å². The normalized spacial score (nSPS) is 13.3. The summed E-state index contributed by atoms with van der Waals surface area (Å²) < 4.78 is 30.4. The molecular formula is C19H20Cl2N2O5S. The number of hydrogen-bond donors (Lipinski definition) is 2. The number of sulfonamides is 1. The zero-order chi connectivity index (χ0) is 21.8. The van der Waals surface area contributed by atoms with Crippen molar-refractivity contribution in [1.29, 1.82) is 0 Å². The summed E-state index contributed by atoms with van der Waals surface area (Å²) in [6, 6.07) is 10.4. The van der Waals surface area contributed by atoms with Crippen LogP contribution in [0.5, 0.6) is 0 Å². The molecule has 0 fully saturated rings. The van der Waals surface area contributed by atoms with Crippen LogP contribution in [0.2, 0.25) is 10.0 Å². The van der Waals surface area contributed by atoms with Crippen molar-refractivity contribution < 1.29 is 22.7 Å². The molecule has 0 aromatic heterocycles. The number of nitrogens with one attached hydrogen (secondary N) is 2. The zero-order valence-corrected chi connectivity index (χ0v) is 18.2. The number of amides is 1. The minimum Gasteiger partial charge on any atom is -0.449 e. The van der Waals surface area contributed by atoms with Crippen LogP contribution in [0.4, 0.5) is 5.69 Å². The molecule has 0 spiro atoms. The highest BCUT2D eigenvalue weighted by molar-refractivity contribution is 7.92. The van der Waals surface area contributed by atoms with Crippen LogP contribution in [0.15, 0.2) is 42.5 Å². The molecule has 2 atom stereocenters. The molecule has 0 bridgehead atoms. The first-order valence-electron chi connectivity index (χ1n) is 8.51. The minimum absolute atomic E-state index is 0.00799. The van der Waals surface area contributed by atoms with Crippen LogP contribution in [0.25, 0.3) is 0 Å². The van der Waals surface area contributed by atoms with Gasteiger partial charge in [0, 0.05) is 10.0 Å². The maximum atomic E-state index is 12.4. The van der Waals surface area contributed by atoms with Crippen LogP contribution in [0, 0.1) is 0 Å². The molecule has 0 aliphatic heterocycles. The lowest BCUT2D eigenvalue weighted by atomic mass is 10.1. The number of rotatable bonds is 7. The Kier molecular flexibility index (Phi) is 7.51. The third-order valence-electron chi connectivity index (χ3n) is 3.88.